The molecule has 0 atom stereocenters. The number of halogens is 1. The lowest BCUT2D eigenvalue weighted by Crippen LogP contribution is -2.24. The third-order valence-electron chi connectivity index (χ3n) is 5.22. The number of fused-ring (bicyclic) bond motifs is 2. The number of rotatable bonds is 7. The summed E-state index contributed by atoms with van der Waals surface area (Å²) >= 11 is 7.45. The van der Waals surface area contributed by atoms with Crippen molar-refractivity contribution < 1.29 is 14.0 Å². The van der Waals surface area contributed by atoms with Gasteiger partial charge in [-0.3, -0.25) is 9.36 Å². The average molecular weight is 485 g/mol. The first-order valence-corrected chi connectivity index (χ1v) is 11.9. The Labute approximate surface area is 198 Å². The Kier molecular flexibility index (Phi) is 5.99. The van der Waals surface area contributed by atoms with Crippen molar-refractivity contribution in [1.82, 2.24) is 19.7 Å². The monoisotopic (exact) mass is 484 g/mol. The summed E-state index contributed by atoms with van der Waals surface area (Å²) in [6, 6.07) is 10.7. The zero-order chi connectivity index (χ0) is 22.9. The molecule has 0 bridgehead atoms. The molecule has 0 unspecified atom stereocenters. The number of hydrogen-bond acceptors (Lipinski definition) is 8. The Morgan fingerprint density at radius 3 is 2.76 bits per heavy atom. The van der Waals surface area contributed by atoms with Gasteiger partial charge in [0.1, 0.15) is 0 Å². The number of ether oxygens (including phenoxy) is 2. The number of nitrogens with zero attached hydrogens (tertiary/aromatic N) is 4. The summed E-state index contributed by atoms with van der Waals surface area (Å²) in [6.45, 7) is 4.95. The minimum Gasteiger partial charge on any atom is -0.454 e. The van der Waals surface area contributed by atoms with Crippen LogP contribution in [0.5, 0.6) is 11.5 Å². The molecule has 0 saturated carbocycles. The molecule has 0 aliphatic carbocycles. The molecule has 2 aromatic heterocycles. The normalized spacial score (nSPS) is 12.7. The largest absolute Gasteiger partial charge is 0.454 e. The van der Waals surface area contributed by atoms with E-state index in [0.29, 0.717) is 62.5 Å². The Bertz CT molecular complexity index is 1380. The van der Waals surface area contributed by atoms with Gasteiger partial charge < -0.3 is 14.0 Å². The topological polar surface area (TPSA) is 92.3 Å². The van der Waals surface area contributed by atoms with E-state index in [1.54, 1.807) is 28.8 Å². The molecule has 0 spiro atoms. The maximum Gasteiger partial charge on any atom is 0.262 e. The average Bonchev–Trinajstić information content (AvgIpc) is 3.45. The highest BCUT2D eigenvalue weighted by molar-refractivity contribution is 7.98. The second-order valence-corrected chi connectivity index (χ2v) is 9.45. The summed E-state index contributed by atoms with van der Waals surface area (Å²) in [5.41, 5.74) is 1.24. The van der Waals surface area contributed by atoms with Crippen LogP contribution in [0.3, 0.4) is 0 Å². The number of benzene rings is 2. The molecule has 1 aliphatic heterocycles. The first kappa shape index (κ1) is 21.8. The van der Waals surface area contributed by atoms with E-state index in [4.69, 9.17) is 30.6 Å². The van der Waals surface area contributed by atoms with Gasteiger partial charge >= 0.3 is 0 Å². The van der Waals surface area contributed by atoms with E-state index in [9.17, 15) is 4.79 Å². The minimum atomic E-state index is -0.105. The molecule has 8 nitrogen and oxygen atoms in total. The molecule has 0 radical (unpaired) electrons. The third-order valence-corrected chi connectivity index (χ3v) is 6.42. The van der Waals surface area contributed by atoms with Crippen molar-refractivity contribution in [3.8, 4) is 22.9 Å². The van der Waals surface area contributed by atoms with Gasteiger partial charge in [0.05, 0.1) is 16.7 Å². The molecule has 3 heterocycles. The van der Waals surface area contributed by atoms with Gasteiger partial charge in [-0.05, 0) is 30.5 Å². The zero-order valence-electron chi connectivity index (χ0n) is 18.1. The van der Waals surface area contributed by atoms with Gasteiger partial charge in [0.2, 0.25) is 18.5 Å². The van der Waals surface area contributed by atoms with Gasteiger partial charge in [-0.15, -0.1) is 0 Å². The second-order valence-electron chi connectivity index (χ2n) is 8.07. The maximum atomic E-state index is 13.3. The van der Waals surface area contributed by atoms with Crippen molar-refractivity contribution in [3.63, 3.8) is 0 Å². The van der Waals surface area contributed by atoms with E-state index < -0.39 is 0 Å². The molecule has 1 aliphatic rings. The van der Waals surface area contributed by atoms with Crippen molar-refractivity contribution in [2.24, 2.45) is 5.92 Å². The molecule has 0 fully saturated rings. The Morgan fingerprint density at radius 2 is 1.97 bits per heavy atom. The summed E-state index contributed by atoms with van der Waals surface area (Å²) in [5.74, 6) is 2.87. The summed E-state index contributed by atoms with van der Waals surface area (Å²) in [4.78, 5) is 22.6. The Balaban J connectivity index is 1.46. The predicted octanol–water partition coefficient (Wildman–Crippen LogP) is 5.17. The van der Waals surface area contributed by atoms with Crippen molar-refractivity contribution in [2.45, 2.75) is 37.7 Å². The van der Waals surface area contributed by atoms with Crippen LogP contribution in [0.1, 0.15) is 26.2 Å². The molecular weight excluding hydrogens is 464 g/mol. The summed E-state index contributed by atoms with van der Waals surface area (Å²) in [7, 11) is 0. The van der Waals surface area contributed by atoms with Crippen LogP contribution in [0.4, 0.5) is 0 Å². The van der Waals surface area contributed by atoms with Crippen LogP contribution in [0.2, 0.25) is 5.02 Å². The highest BCUT2D eigenvalue weighted by Gasteiger charge is 2.20. The SMILES string of the molecule is CC(C)CCn1c(SCc2nc(-c3cccc(Cl)c3)no2)nc2cc3c(cc2c1=O)OCO3. The molecular formula is C23H21ClN4O4S. The van der Waals surface area contributed by atoms with E-state index in [1.807, 2.05) is 12.1 Å². The summed E-state index contributed by atoms with van der Waals surface area (Å²) in [5, 5.41) is 5.75. The first-order chi connectivity index (χ1) is 16.0. The van der Waals surface area contributed by atoms with Gasteiger partial charge in [-0.1, -0.05) is 54.5 Å². The highest BCUT2D eigenvalue weighted by Crippen LogP contribution is 2.35. The van der Waals surface area contributed by atoms with Gasteiger partial charge in [-0.25, -0.2) is 4.98 Å². The fourth-order valence-electron chi connectivity index (χ4n) is 3.47. The molecule has 5 rings (SSSR count). The van der Waals surface area contributed by atoms with Gasteiger partial charge in [0.15, 0.2) is 16.7 Å². The fourth-order valence-corrected chi connectivity index (χ4v) is 4.52. The Morgan fingerprint density at radius 1 is 1.15 bits per heavy atom. The lowest BCUT2D eigenvalue weighted by atomic mass is 10.1. The van der Waals surface area contributed by atoms with Crippen molar-refractivity contribution in [2.75, 3.05) is 6.79 Å². The van der Waals surface area contributed by atoms with Crippen molar-refractivity contribution >= 4 is 34.3 Å². The molecule has 33 heavy (non-hydrogen) atoms. The first-order valence-electron chi connectivity index (χ1n) is 10.5. The number of hydrogen-bond donors (Lipinski definition) is 0. The molecule has 0 N–H and O–H groups in total. The van der Waals surface area contributed by atoms with E-state index in [2.05, 4.69) is 24.0 Å². The molecule has 4 aromatic rings. The number of thioether (sulfide) groups is 1. The van der Waals surface area contributed by atoms with Crippen LogP contribution in [0, 0.1) is 5.92 Å². The minimum absolute atomic E-state index is 0.105. The van der Waals surface area contributed by atoms with E-state index >= 15 is 0 Å². The van der Waals surface area contributed by atoms with Crippen molar-refractivity contribution in [3.05, 3.63) is 57.7 Å². The standard InChI is InChI=1S/C23H21ClN4O4S/c1-13(2)6-7-28-22(29)16-9-18-19(31-12-30-18)10-17(16)25-23(28)33-11-20-26-21(27-32-20)14-4-3-5-15(24)8-14/h3-5,8-10,13H,6-7,11-12H2,1-2H3. The highest BCUT2D eigenvalue weighted by atomic mass is 35.5. The number of aromatic nitrogens is 4. The van der Waals surface area contributed by atoms with E-state index in [0.717, 1.165) is 12.0 Å². The summed E-state index contributed by atoms with van der Waals surface area (Å²) in [6.07, 6.45) is 0.852. The van der Waals surface area contributed by atoms with Gasteiger partial charge in [-0.2, -0.15) is 4.98 Å². The predicted molar refractivity (Wildman–Crippen MR) is 126 cm³/mol. The molecule has 10 heteroatoms. The van der Waals surface area contributed by atoms with E-state index in [-0.39, 0.29) is 12.4 Å². The fraction of sp³-hybridized carbons (Fsp3) is 0.304. The molecule has 0 saturated heterocycles. The summed E-state index contributed by atoms with van der Waals surface area (Å²) < 4.78 is 18.0. The van der Waals surface area contributed by atoms with Crippen molar-refractivity contribution in [1.29, 1.82) is 0 Å². The second kappa shape index (κ2) is 9.07. The van der Waals surface area contributed by atoms with Crippen LogP contribution >= 0.6 is 23.4 Å². The van der Waals surface area contributed by atoms with Gasteiger partial charge in [0, 0.05) is 23.2 Å². The lowest BCUT2D eigenvalue weighted by Gasteiger charge is -2.14. The quantitative estimate of drug-likeness (QED) is 0.262. The van der Waals surface area contributed by atoms with Crippen LogP contribution in [0.25, 0.3) is 22.3 Å². The van der Waals surface area contributed by atoms with Crippen LogP contribution in [-0.2, 0) is 12.3 Å². The third kappa shape index (κ3) is 4.56. The van der Waals surface area contributed by atoms with Crippen LogP contribution in [0.15, 0.2) is 50.9 Å². The van der Waals surface area contributed by atoms with E-state index in [1.165, 1.54) is 11.8 Å². The zero-order valence-corrected chi connectivity index (χ0v) is 19.7. The maximum absolute atomic E-state index is 13.3. The molecule has 2 aromatic carbocycles. The van der Waals surface area contributed by atoms with Crippen LogP contribution < -0.4 is 15.0 Å². The van der Waals surface area contributed by atoms with Gasteiger partial charge in [0.25, 0.3) is 5.56 Å². The van der Waals surface area contributed by atoms with Crippen LogP contribution in [-0.4, -0.2) is 26.5 Å². The Hall–Kier alpha value is -3.04. The smallest absolute Gasteiger partial charge is 0.262 e. The molecule has 0 amide bonds. The lowest BCUT2D eigenvalue weighted by molar-refractivity contribution is 0.174. The molecule has 170 valence electrons.